The van der Waals surface area contributed by atoms with E-state index in [-0.39, 0.29) is 5.91 Å². The third-order valence-electron chi connectivity index (χ3n) is 4.06. The number of aromatic nitrogens is 1. The van der Waals surface area contributed by atoms with E-state index < -0.39 is 0 Å². The lowest BCUT2D eigenvalue weighted by Crippen LogP contribution is -2.36. The van der Waals surface area contributed by atoms with Crippen LogP contribution in [0.15, 0.2) is 42.6 Å². The molecule has 20 heavy (non-hydrogen) atoms. The van der Waals surface area contributed by atoms with Gasteiger partial charge >= 0.3 is 0 Å². The predicted molar refractivity (Wildman–Crippen MR) is 79.5 cm³/mol. The molecule has 0 aliphatic carbocycles. The number of hydrogen-bond acceptors (Lipinski definition) is 1. The van der Waals surface area contributed by atoms with E-state index in [2.05, 4.69) is 48.0 Å². The SMILES string of the molecule is CC(=O)N1Cc2ccn(Cc3ccccc3)c2C(C)C1. The first kappa shape index (κ1) is 13.0. The van der Waals surface area contributed by atoms with E-state index in [0.29, 0.717) is 5.92 Å². The third kappa shape index (κ3) is 2.36. The van der Waals surface area contributed by atoms with Gasteiger partial charge in [-0.3, -0.25) is 4.79 Å². The van der Waals surface area contributed by atoms with Gasteiger partial charge in [0.25, 0.3) is 0 Å². The lowest BCUT2D eigenvalue weighted by Gasteiger charge is -2.31. The maximum absolute atomic E-state index is 11.6. The molecule has 3 rings (SSSR count). The standard InChI is InChI=1S/C17H20N2O/c1-13-10-19(14(2)20)12-16-8-9-18(17(13)16)11-15-6-4-3-5-7-15/h3-9,13H,10-12H2,1-2H3. The number of fused-ring (bicyclic) bond motifs is 1. The van der Waals surface area contributed by atoms with Crippen LogP contribution in [0.1, 0.15) is 36.6 Å². The van der Waals surface area contributed by atoms with Crippen LogP contribution in [0.3, 0.4) is 0 Å². The topological polar surface area (TPSA) is 25.2 Å². The van der Waals surface area contributed by atoms with Gasteiger partial charge < -0.3 is 9.47 Å². The van der Waals surface area contributed by atoms with Gasteiger partial charge in [-0.2, -0.15) is 0 Å². The molecule has 0 radical (unpaired) electrons. The number of carbonyl (C=O) groups excluding carboxylic acids is 1. The Kier molecular flexibility index (Phi) is 3.35. The molecule has 1 aliphatic rings. The maximum Gasteiger partial charge on any atom is 0.219 e. The van der Waals surface area contributed by atoms with E-state index in [1.807, 2.05) is 11.0 Å². The van der Waals surface area contributed by atoms with E-state index in [1.165, 1.54) is 16.8 Å². The smallest absolute Gasteiger partial charge is 0.219 e. The largest absolute Gasteiger partial charge is 0.346 e. The van der Waals surface area contributed by atoms with Crippen LogP contribution in [-0.4, -0.2) is 21.9 Å². The van der Waals surface area contributed by atoms with Gasteiger partial charge in [-0.15, -0.1) is 0 Å². The molecular weight excluding hydrogens is 248 g/mol. The molecule has 0 saturated heterocycles. The minimum atomic E-state index is 0.165. The van der Waals surface area contributed by atoms with Crippen LogP contribution in [0.25, 0.3) is 0 Å². The van der Waals surface area contributed by atoms with Gasteiger partial charge in [-0.1, -0.05) is 37.3 Å². The van der Waals surface area contributed by atoms with E-state index in [4.69, 9.17) is 0 Å². The van der Waals surface area contributed by atoms with Crippen molar-refractivity contribution in [3.8, 4) is 0 Å². The molecule has 2 heterocycles. The average molecular weight is 268 g/mol. The summed E-state index contributed by atoms with van der Waals surface area (Å²) >= 11 is 0. The van der Waals surface area contributed by atoms with Crippen LogP contribution < -0.4 is 0 Å². The predicted octanol–water partition coefficient (Wildman–Crippen LogP) is 3.00. The lowest BCUT2D eigenvalue weighted by atomic mass is 9.98. The summed E-state index contributed by atoms with van der Waals surface area (Å²) in [7, 11) is 0. The molecule has 0 bridgehead atoms. The van der Waals surface area contributed by atoms with Crippen LogP contribution in [0.4, 0.5) is 0 Å². The van der Waals surface area contributed by atoms with Crippen molar-refractivity contribution >= 4 is 5.91 Å². The molecule has 104 valence electrons. The summed E-state index contributed by atoms with van der Waals surface area (Å²) < 4.78 is 2.33. The Morgan fingerprint density at radius 1 is 1.25 bits per heavy atom. The van der Waals surface area contributed by atoms with E-state index in [0.717, 1.165) is 19.6 Å². The Balaban J connectivity index is 1.88. The van der Waals surface area contributed by atoms with Crippen LogP contribution in [0, 0.1) is 0 Å². The number of amides is 1. The highest BCUT2D eigenvalue weighted by Gasteiger charge is 2.26. The second-order valence-electron chi connectivity index (χ2n) is 5.64. The Morgan fingerprint density at radius 3 is 2.70 bits per heavy atom. The molecule has 1 atom stereocenters. The van der Waals surface area contributed by atoms with Gasteiger partial charge in [0.15, 0.2) is 0 Å². The molecule has 0 saturated carbocycles. The van der Waals surface area contributed by atoms with Crippen molar-refractivity contribution in [3.05, 3.63) is 59.4 Å². The van der Waals surface area contributed by atoms with Gasteiger partial charge in [0.2, 0.25) is 5.91 Å². The molecular formula is C17H20N2O. The van der Waals surface area contributed by atoms with Crippen LogP contribution >= 0.6 is 0 Å². The highest BCUT2D eigenvalue weighted by atomic mass is 16.2. The number of nitrogens with zero attached hydrogens (tertiary/aromatic N) is 2. The molecule has 0 N–H and O–H groups in total. The molecule has 1 aliphatic heterocycles. The fourth-order valence-electron chi connectivity index (χ4n) is 3.11. The van der Waals surface area contributed by atoms with E-state index in [9.17, 15) is 4.79 Å². The summed E-state index contributed by atoms with van der Waals surface area (Å²) in [5.41, 5.74) is 3.98. The normalized spacial score (nSPS) is 17.9. The quantitative estimate of drug-likeness (QED) is 0.822. The first-order chi connectivity index (χ1) is 9.65. The van der Waals surface area contributed by atoms with Crippen molar-refractivity contribution in [1.29, 1.82) is 0 Å². The third-order valence-corrected chi connectivity index (χ3v) is 4.06. The van der Waals surface area contributed by atoms with Crippen LogP contribution in [0.5, 0.6) is 0 Å². The molecule has 0 fully saturated rings. The molecule has 1 aromatic heterocycles. The Hall–Kier alpha value is -2.03. The number of rotatable bonds is 2. The first-order valence-electron chi connectivity index (χ1n) is 7.12. The van der Waals surface area contributed by atoms with Gasteiger partial charge in [0.1, 0.15) is 0 Å². The van der Waals surface area contributed by atoms with Gasteiger partial charge in [0.05, 0.1) is 0 Å². The first-order valence-corrected chi connectivity index (χ1v) is 7.12. The molecule has 3 nitrogen and oxygen atoms in total. The number of hydrogen-bond donors (Lipinski definition) is 0. The number of benzene rings is 1. The fraction of sp³-hybridized carbons (Fsp3) is 0.353. The summed E-state index contributed by atoms with van der Waals surface area (Å²) in [5.74, 6) is 0.555. The molecule has 1 amide bonds. The molecule has 1 aromatic carbocycles. The zero-order chi connectivity index (χ0) is 14.1. The molecule has 1 unspecified atom stereocenters. The Bertz CT molecular complexity index is 615. The van der Waals surface area contributed by atoms with Crippen molar-refractivity contribution in [1.82, 2.24) is 9.47 Å². The monoisotopic (exact) mass is 268 g/mol. The Labute approximate surface area is 119 Å². The van der Waals surface area contributed by atoms with Gasteiger partial charge in [0, 0.05) is 44.4 Å². The van der Waals surface area contributed by atoms with Crippen molar-refractivity contribution < 1.29 is 4.79 Å². The van der Waals surface area contributed by atoms with Crippen molar-refractivity contribution in [2.45, 2.75) is 32.9 Å². The zero-order valence-electron chi connectivity index (χ0n) is 12.0. The Morgan fingerprint density at radius 2 is 2.00 bits per heavy atom. The number of carbonyl (C=O) groups is 1. The van der Waals surface area contributed by atoms with Crippen molar-refractivity contribution in [3.63, 3.8) is 0 Å². The van der Waals surface area contributed by atoms with Crippen molar-refractivity contribution in [2.75, 3.05) is 6.54 Å². The zero-order valence-corrected chi connectivity index (χ0v) is 12.0. The van der Waals surface area contributed by atoms with E-state index in [1.54, 1.807) is 6.92 Å². The second kappa shape index (κ2) is 5.16. The summed E-state index contributed by atoms with van der Waals surface area (Å²) in [5, 5.41) is 0. The summed E-state index contributed by atoms with van der Waals surface area (Å²) in [4.78, 5) is 13.5. The summed E-state index contributed by atoms with van der Waals surface area (Å²) in [6.45, 7) is 6.33. The van der Waals surface area contributed by atoms with Crippen LogP contribution in [0.2, 0.25) is 0 Å². The lowest BCUT2D eigenvalue weighted by molar-refractivity contribution is -0.130. The van der Waals surface area contributed by atoms with Gasteiger partial charge in [-0.25, -0.2) is 0 Å². The fourth-order valence-corrected chi connectivity index (χ4v) is 3.11. The maximum atomic E-state index is 11.6. The molecule has 0 spiro atoms. The average Bonchev–Trinajstić information content (AvgIpc) is 2.83. The van der Waals surface area contributed by atoms with E-state index >= 15 is 0 Å². The second-order valence-corrected chi connectivity index (χ2v) is 5.64. The van der Waals surface area contributed by atoms with Crippen LogP contribution in [-0.2, 0) is 17.9 Å². The van der Waals surface area contributed by atoms with Gasteiger partial charge in [-0.05, 0) is 17.2 Å². The molecule has 3 heteroatoms. The summed E-state index contributed by atoms with van der Waals surface area (Å²) in [6.07, 6.45) is 2.15. The minimum absolute atomic E-state index is 0.165. The highest BCUT2D eigenvalue weighted by Crippen LogP contribution is 2.29. The molecule has 2 aromatic rings. The summed E-state index contributed by atoms with van der Waals surface area (Å²) in [6, 6.07) is 12.7. The van der Waals surface area contributed by atoms with Crippen molar-refractivity contribution in [2.24, 2.45) is 0 Å². The minimum Gasteiger partial charge on any atom is -0.346 e. The highest BCUT2D eigenvalue weighted by molar-refractivity contribution is 5.73.